The average Bonchev–Trinajstić information content (AvgIpc) is 2.53. The Morgan fingerprint density at radius 1 is 1.05 bits per heavy atom. The third-order valence-electron chi connectivity index (χ3n) is 2.99. The summed E-state index contributed by atoms with van der Waals surface area (Å²) in [4.78, 5) is 1.26. The van der Waals surface area contributed by atoms with Crippen molar-refractivity contribution >= 4 is 11.8 Å². The van der Waals surface area contributed by atoms with E-state index in [0.717, 1.165) is 29.4 Å². The molecule has 2 rings (SSSR count). The molecule has 2 aromatic carbocycles. The maximum Gasteiger partial charge on any atom is 0.165 e. The van der Waals surface area contributed by atoms with Crippen LogP contribution in [0.2, 0.25) is 0 Å². The molecular formula is C17H21NO2S. The van der Waals surface area contributed by atoms with Crippen LogP contribution in [0.3, 0.4) is 0 Å². The van der Waals surface area contributed by atoms with E-state index in [2.05, 4.69) is 35.6 Å². The summed E-state index contributed by atoms with van der Waals surface area (Å²) in [6.45, 7) is 1.41. The van der Waals surface area contributed by atoms with Crippen molar-refractivity contribution in [2.75, 3.05) is 26.5 Å². The van der Waals surface area contributed by atoms with Gasteiger partial charge in [0.1, 0.15) is 0 Å². The third kappa shape index (κ3) is 4.69. The first-order valence-corrected chi connectivity index (χ1v) is 7.95. The smallest absolute Gasteiger partial charge is 0.165 e. The van der Waals surface area contributed by atoms with E-state index in [0.29, 0.717) is 6.61 Å². The second-order valence-electron chi connectivity index (χ2n) is 4.49. The molecule has 1 N–H and O–H groups in total. The van der Waals surface area contributed by atoms with Crippen LogP contribution in [-0.4, -0.2) is 26.5 Å². The largest absolute Gasteiger partial charge is 0.493 e. The fourth-order valence-corrected chi connectivity index (χ4v) is 2.79. The van der Waals surface area contributed by atoms with Gasteiger partial charge in [-0.2, -0.15) is 0 Å². The molecule has 0 atom stereocenters. The number of thioether (sulfide) groups is 1. The summed E-state index contributed by atoms with van der Waals surface area (Å²) in [5.41, 5.74) is 1.11. The zero-order chi connectivity index (χ0) is 14.9. The van der Waals surface area contributed by atoms with E-state index in [9.17, 15) is 0 Å². The van der Waals surface area contributed by atoms with Gasteiger partial charge in [-0.25, -0.2) is 0 Å². The number of rotatable bonds is 8. The number of para-hydroxylation sites is 1. The van der Waals surface area contributed by atoms with E-state index in [1.165, 1.54) is 4.90 Å². The van der Waals surface area contributed by atoms with Crippen LogP contribution in [0.4, 0.5) is 0 Å². The molecule has 0 aliphatic heterocycles. The lowest BCUT2D eigenvalue weighted by Crippen LogP contribution is -2.09. The Morgan fingerprint density at radius 3 is 2.57 bits per heavy atom. The van der Waals surface area contributed by atoms with Crippen LogP contribution in [0.1, 0.15) is 5.56 Å². The lowest BCUT2D eigenvalue weighted by atomic mass is 10.2. The van der Waals surface area contributed by atoms with Gasteiger partial charge in [-0.1, -0.05) is 30.3 Å². The molecule has 0 saturated carbocycles. The van der Waals surface area contributed by atoms with Crippen LogP contribution >= 0.6 is 11.8 Å². The van der Waals surface area contributed by atoms with E-state index in [-0.39, 0.29) is 0 Å². The molecule has 0 bridgehead atoms. The van der Waals surface area contributed by atoms with Crippen LogP contribution in [0.5, 0.6) is 11.5 Å². The molecule has 0 aliphatic rings. The third-order valence-corrected chi connectivity index (χ3v) is 3.97. The van der Waals surface area contributed by atoms with Crippen LogP contribution in [0.15, 0.2) is 53.4 Å². The number of ether oxygens (including phenoxy) is 2. The lowest BCUT2D eigenvalue weighted by molar-refractivity contribution is 0.309. The van der Waals surface area contributed by atoms with Crippen LogP contribution < -0.4 is 14.8 Å². The van der Waals surface area contributed by atoms with E-state index in [1.807, 2.05) is 25.2 Å². The standard InChI is InChI=1S/C17H21NO2S/c1-18-13-14-7-6-10-16(19-2)17(14)20-11-12-21-15-8-4-3-5-9-15/h3-10,18H,11-13H2,1-2H3. The molecule has 3 nitrogen and oxygen atoms in total. The Bertz CT molecular complexity index is 546. The molecule has 21 heavy (non-hydrogen) atoms. The first kappa shape index (κ1) is 15.7. The van der Waals surface area contributed by atoms with Gasteiger partial charge in [-0.05, 0) is 25.2 Å². The zero-order valence-electron chi connectivity index (χ0n) is 12.5. The fraction of sp³-hybridized carbons (Fsp3) is 0.294. The number of benzene rings is 2. The van der Waals surface area contributed by atoms with Crippen molar-refractivity contribution in [1.82, 2.24) is 5.32 Å². The Balaban J connectivity index is 1.92. The zero-order valence-corrected chi connectivity index (χ0v) is 13.3. The summed E-state index contributed by atoms with van der Waals surface area (Å²) in [5, 5.41) is 3.15. The molecule has 4 heteroatoms. The van der Waals surface area contributed by atoms with Crippen molar-refractivity contribution in [2.24, 2.45) is 0 Å². The highest BCUT2D eigenvalue weighted by atomic mass is 32.2. The van der Waals surface area contributed by atoms with Gasteiger partial charge in [0.25, 0.3) is 0 Å². The van der Waals surface area contributed by atoms with Crippen molar-refractivity contribution in [3.8, 4) is 11.5 Å². The summed E-state index contributed by atoms with van der Waals surface area (Å²) in [6.07, 6.45) is 0. The monoisotopic (exact) mass is 303 g/mol. The minimum Gasteiger partial charge on any atom is -0.493 e. The van der Waals surface area contributed by atoms with Gasteiger partial charge in [0.05, 0.1) is 13.7 Å². The van der Waals surface area contributed by atoms with Crippen molar-refractivity contribution in [2.45, 2.75) is 11.4 Å². The maximum atomic E-state index is 5.95. The Labute approximate surface area is 130 Å². The Kier molecular flexibility index (Phi) is 6.44. The molecule has 2 aromatic rings. The summed E-state index contributed by atoms with van der Waals surface area (Å²) >= 11 is 1.79. The van der Waals surface area contributed by atoms with E-state index < -0.39 is 0 Å². The summed E-state index contributed by atoms with van der Waals surface area (Å²) in [6, 6.07) is 16.3. The number of hydrogen-bond acceptors (Lipinski definition) is 4. The molecule has 0 saturated heterocycles. The highest BCUT2D eigenvalue weighted by Crippen LogP contribution is 2.31. The minimum absolute atomic E-state index is 0.649. The predicted octanol–water partition coefficient (Wildman–Crippen LogP) is 3.59. The van der Waals surface area contributed by atoms with Gasteiger partial charge < -0.3 is 14.8 Å². The van der Waals surface area contributed by atoms with Crippen LogP contribution in [0, 0.1) is 0 Å². The normalized spacial score (nSPS) is 10.4. The summed E-state index contributed by atoms with van der Waals surface area (Å²) in [5.74, 6) is 2.52. The average molecular weight is 303 g/mol. The topological polar surface area (TPSA) is 30.5 Å². The number of nitrogens with one attached hydrogen (secondary N) is 1. The quantitative estimate of drug-likeness (QED) is 0.596. The van der Waals surface area contributed by atoms with Gasteiger partial charge in [-0.3, -0.25) is 0 Å². The first-order valence-electron chi connectivity index (χ1n) is 6.96. The van der Waals surface area contributed by atoms with Crippen molar-refractivity contribution < 1.29 is 9.47 Å². The molecule has 0 heterocycles. The molecule has 0 aromatic heterocycles. The van der Waals surface area contributed by atoms with Crippen molar-refractivity contribution in [3.63, 3.8) is 0 Å². The molecular weight excluding hydrogens is 282 g/mol. The second kappa shape index (κ2) is 8.60. The molecule has 112 valence electrons. The second-order valence-corrected chi connectivity index (χ2v) is 5.66. The molecule has 0 radical (unpaired) electrons. The summed E-state index contributed by atoms with van der Waals surface area (Å²) < 4.78 is 11.3. The molecule has 0 unspecified atom stereocenters. The molecule has 0 spiro atoms. The lowest BCUT2D eigenvalue weighted by Gasteiger charge is -2.14. The molecule has 0 aliphatic carbocycles. The fourth-order valence-electron chi connectivity index (χ4n) is 2.04. The maximum absolute atomic E-state index is 5.95. The van der Waals surface area contributed by atoms with Gasteiger partial charge in [0.15, 0.2) is 11.5 Å². The Morgan fingerprint density at radius 2 is 1.86 bits per heavy atom. The van der Waals surface area contributed by atoms with Gasteiger partial charge in [0.2, 0.25) is 0 Å². The predicted molar refractivity (Wildman–Crippen MR) is 88.4 cm³/mol. The van der Waals surface area contributed by atoms with E-state index in [4.69, 9.17) is 9.47 Å². The van der Waals surface area contributed by atoms with Crippen molar-refractivity contribution in [1.29, 1.82) is 0 Å². The SMILES string of the molecule is CNCc1cccc(OC)c1OCCSc1ccccc1. The first-order chi connectivity index (χ1) is 10.3. The molecule has 0 amide bonds. The highest BCUT2D eigenvalue weighted by Gasteiger charge is 2.09. The van der Waals surface area contributed by atoms with Crippen LogP contribution in [-0.2, 0) is 6.54 Å². The summed E-state index contributed by atoms with van der Waals surface area (Å²) in [7, 11) is 3.60. The minimum atomic E-state index is 0.649. The van der Waals surface area contributed by atoms with Gasteiger partial charge >= 0.3 is 0 Å². The van der Waals surface area contributed by atoms with E-state index in [1.54, 1.807) is 18.9 Å². The van der Waals surface area contributed by atoms with Gasteiger partial charge in [-0.15, -0.1) is 11.8 Å². The van der Waals surface area contributed by atoms with Gasteiger partial charge in [0, 0.05) is 22.8 Å². The van der Waals surface area contributed by atoms with Crippen molar-refractivity contribution in [3.05, 3.63) is 54.1 Å². The van der Waals surface area contributed by atoms with Crippen LogP contribution in [0.25, 0.3) is 0 Å². The number of hydrogen-bond donors (Lipinski definition) is 1. The number of methoxy groups -OCH3 is 1. The highest BCUT2D eigenvalue weighted by molar-refractivity contribution is 7.99. The molecule has 0 fully saturated rings. The Hall–Kier alpha value is -1.65. The van der Waals surface area contributed by atoms with E-state index >= 15 is 0 Å².